The highest BCUT2D eigenvalue weighted by molar-refractivity contribution is 6.12. The van der Waals surface area contributed by atoms with Crippen molar-refractivity contribution in [1.82, 2.24) is 5.16 Å². The summed E-state index contributed by atoms with van der Waals surface area (Å²) in [5.74, 6) is 1.04. The first-order valence-electron chi connectivity index (χ1n) is 10.5. The number of hydrogen-bond donors (Lipinski definition) is 0. The zero-order valence-electron chi connectivity index (χ0n) is 17.9. The van der Waals surface area contributed by atoms with Gasteiger partial charge >= 0.3 is 0 Å². The van der Waals surface area contributed by atoms with Crippen molar-refractivity contribution < 1.29 is 18.5 Å². The van der Waals surface area contributed by atoms with E-state index in [4.69, 9.17) is 13.7 Å². The molecule has 0 fully saturated rings. The fourth-order valence-corrected chi connectivity index (χ4v) is 4.53. The Morgan fingerprint density at radius 3 is 2.61 bits per heavy atom. The lowest BCUT2D eigenvalue weighted by Crippen LogP contribution is -2.29. The number of rotatable bonds is 3. The second kappa shape index (κ2) is 7.06. The summed E-state index contributed by atoms with van der Waals surface area (Å²) in [4.78, 5) is 28.9. The van der Waals surface area contributed by atoms with Gasteiger partial charge in [-0.05, 0) is 36.1 Å². The third-order valence-corrected chi connectivity index (χ3v) is 6.03. The maximum atomic E-state index is 13.8. The topological polar surface area (TPSA) is 85.8 Å². The number of methoxy groups -OCH3 is 1. The highest BCUT2D eigenvalue weighted by Gasteiger charge is 2.45. The Kier molecular flexibility index (Phi) is 4.13. The third kappa shape index (κ3) is 2.79. The number of amides is 1. The zero-order chi connectivity index (χ0) is 22.7. The minimum absolute atomic E-state index is 0.0114. The predicted octanol–water partition coefficient (Wildman–Crippen LogP) is 5.00. The molecule has 1 aliphatic heterocycles. The molecule has 0 saturated carbocycles. The van der Waals surface area contributed by atoms with Gasteiger partial charge in [0.25, 0.3) is 5.91 Å². The van der Waals surface area contributed by atoms with Crippen LogP contribution in [0.15, 0.2) is 80.5 Å². The highest BCUT2D eigenvalue weighted by atomic mass is 16.5. The van der Waals surface area contributed by atoms with E-state index in [9.17, 15) is 9.59 Å². The molecule has 5 aromatic rings. The molecule has 0 N–H and O–H groups in total. The van der Waals surface area contributed by atoms with Crippen LogP contribution in [0.2, 0.25) is 0 Å². The standard InChI is InChI=1S/C26H18N2O5/c1-14-12-20(27-33-14)28-22(16-7-5-8-17(13-16)31-2)21-23(29)19-11-10-15-6-3-4-9-18(15)24(19)32-25(21)26(28)30/h3-13,22H,1-2H3. The molecule has 3 heterocycles. The summed E-state index contributed by atoms with van der Waals surface area (Å²) in [6.07, 6.45) is 0. The molecule has 0 radical (unpaired) electrons. The quantitative estimate of drug-likeness (QED) is 0.369. The molecule has 0 aliphatic carbocycles. The first kappa shape index (κ1) is 19.3. The average molecular weight is 438 g/mol. The molecule has 3 aromatic carbocycles. The molecule has 162 valence electrons. The van der Waals surface area contributed by atoms with Gasteiger partial charge in [-0.25, -0.2) is 0 Å². The SMILES string of the molecule is COc1cccc(C2c3c(oc4c(ccc5ccccc54)c3=O)C(=O)N2c2cc(C)on2)c1. The number of nitrogens with zero attached hydrogens (tertiary/aromatic N) is 2. The van der Waals surface area contributed by atoms with Crippen LogP contribution >= 0.6 is 0 Å². The number of benzene rings is 3. The average Bonchev–Trinajstić information content (AvgIpc) is 3.40. The van der Waals surface area contributed by atoms with Crippen LogP contribution < -0.4 is 15.1 Å². The van der Waals surface area contributed by atoms with Gasteiger partial charge in [-0.3, -0.25) is 14.5 Å². The largest absolute Gasteiger partial charge is 0.497 e. The van der Waals surface area contributed by atoms with Crippen molar-refractivity contribution in [2.75, 3.05) is 12.0 Å². The molecule has 1 atom stereocenters. The highest BCUT2D eigenvalue weighted by Crippen LogP contribution is 2.42. The Labute approximate surface area is 187 Å². The maximum absolute atomic E-state index is 13.8. The van der Waals surface area contributed by atoms with Gasteiger partial charge in [-0.2, -0.15) is 0 Å². The van der Waals surface area contributed by atoms with Crippen LogP contribution in [0.4, 0.5) is 5.82 Å². The summed E-state index contributed by atoms with van der Waals surface area (Å²) < 4.78 is 16.8. The zero-order valence-corrected chi connectivity index (χ0v) is 17.9. The van der Waals surface area contributed by atoms with E-state index in [0.717, 1.165) is 10.8 Å². The van der Waals surface area contributed by atoms with E-state index < -0.39 is 11.9 Å². The van der Waals surface area contributed by atoms with Crippen LogP contribution in [0.3, 0.4) is 0 Å². The Balaban J connectivity index is 1.68. The predicted molar refractivity (Wildman–Crippen MR) is 123 cm³/mol. The van der Waals surface area contributed by atoms with Crippen molar-refractivity contribution in [3.63, 3.8) is 0 Å². The molecular formula is C26H18N2O5. The molecule has 1 amide bonds. The van der Waals surface area contributed by atoms with Crippen LogP contribution in [0.1, 0.15) is 33.5 Å². The second-order valence-electron chi connectivity index (χ2n) is 7.99. The van der Waals surface area contributed by atoms with Crippen molar-refractivity contribution in [1.29, 1.82) is 0 Å². The van der Waals surface area contributed by atoms with Crippen molar-refractivity contribution >= 4 is 33.5 Å². The minimum Gasteiger partial charge on any atom is -0.497 e. The van der Waals surface area contributed by atoms with E-state index in [2.05, 4.69) is 5.16 Å². The molecule has 7 nitrogen and oxygen atoms in total. The number of anilines is 1. The van der Waals surface area contributed by atoms with E-state index in [-0.39, 0.29) is 16.8 Å². The monoisotopic (exact) mass is 438 g/mol. The molecule has 33 heavy (non-hydrogen) atoms. The number of aromatic nitrogens is 1. The number of aryl methyl sites for hydroxylation is 1. The molecule has 0 bridgehead atoms. The second-order valence-corrected chi connectivity index (χ2v) is 7.99. The summed E-state index contributed by atoms with van der Waals surface area (Å²) in [6.45, 7) is 1.74. The molecule has 0 saturated heterocycles. The van der Waals surface area contributed by atoms with Gasteiger partial charge in [-0.15, -0.1) is 0 Å². The Hall–Kier alpha value is -4.39. The molecular weight excluding hydrogens is 420 g/mol. The van der Waals surface area contributed by atoms with Crippen molar-refractivity contribution in [2.45, 2.75) is 13.0 Å². The Morgan fingerprint density at radius 2 is 1.82 bits per heavy atom. The van der Waals surface area contributed by atoms with Gasteiger partial charge in [0.1, 0.15) is 17.1 Å². The van der Waals surface area contributed by atoms with Crippen LogP contribution in [0, 0.1) is 6.92 Å². The van der Waals surface area contributed by atoms with Gasteiger partial charge in [-0.1, -0.05) is 47.6 Å². The van der Waals surface area contributed by atoms with Crippen molar-refractivity contribution in [2.24, 2.45) is 0 Å². The fraction of sp³-hybridized carbons (Fsp3) is 0.115. The lowest BCUT2D eigenvalue weighted by atomic mass is 9.97. The van der Waals surface area contributed by atoms with Crippen molar-refractivity contribution in [3.05, 3.63) is 99.6 Å². The summed E-state index contributed by atoms with van der Waals surface area (Å²) in [5, 5.41) is 6.17. The Bertz CT molecular complexity index is 1630. The summed E-state index contributed by atoms with van der Waals surface area (Å²) >= 11 is 0. The molecule has 6 rings (SSSR count). The molecule has 0 spiro atoms. The molecule has 1 aliphatic rings. The smallest absolute Gasteiger partial charge is 0.296 e. The van der Waals surface area contributed by atoms with Crippen LogP contribution in [-0.2, 0) is 0 Å². The van der Waals surface area contributed by atoms with Crippen LogP contribution in [-0.4, -0.2) is 18.2 Å². The summed E-state index contributed by atoms with van der Waals surface area (Å²) in [5.41, 5.74) is 1.12. The van der Waals surface area contributed by atoms with Crippen LogP contribution in [0.25, 0.3) is 21.7 Å². The van der Waals surface area contributed by atoms with Gasteiger partial charge < -0.3 is 13.7 Å². The summed E-state index contributed by atoms with van der Waals surface area (Å²) in [6, 6.07) is 19.4. The van der Waals surface area contributed by atoms with Gasteiger partial charge in [0.05, 0.1) is 24.1 Å². The van der Waals surface area contributed by atoms with Crippen molar-refractivity contribution in [3.8, 4) is 5.75 Å². The first-order valence-corrected chi connectivity index (χ1v) is 10.5. The van der Waals surface area contributed by atoms with Crippen LogP contribution in [0.5, 0.6) is 5.75 Å². The van der Waals surface area contributed by atoms with E-state index in [1.807, 2.05) is 42.5 Å². The lowest BCUT2D eigenvalue weighted by molar-refractivity contribution is 0.0969. The third-order valence-electron chi connectivity index (χ3n) is 6.03. The number of ether oxygens (including phenoxy) is 1. The van der Waals surface area contributed by atoms with E-state index in [1.165, 1.54) is 4.90 Å². The number of hydrogen-bond acceptors (Lipinski definition) is 6. The number of carbonyl (C=O) groups excluding carboxylic acids is 1. The lowest BCUT2D eigenvalue weighted by Gasteiger charge is -2.22. The van der Waals surface area contributed by atoms with Gasteiger partial charge in [0.15, 0.2) is 11.2 Å². The van der Waals surface area contributed by atoms with Gasteiger partial charge in [0, 0.05) is 11.5 Å². The minimum atomic E-state index is -0.737. The Morgan fingerprint density at radius 1 is 0.970 bits per heavy atom. The van der Waals surface area contributed by atoms with Gasteiger partial charge in [0.2, 0.25) is 5.76 Å². The first-order chi connectivity index (χ1) is 16.1. The number of fused-ring (bicyclic) bond motifs is 4. The number of carbonyl (C=O) groups is 1. The normalized spacial score (nSPS) is 15.4. The van der Waals surface area contributed by atoms with E-state index in [1.54, 1.807) is 38.3 Å². The van der Waals surface area contributed by atoms with E-state index >= 15 is 0 Å². The molecule has 1 unspecified atom stereocenters. The maximum Gasteiger partial charge on any atom is 0.296 e. The molecule has 2 aromatic heterocycles. The van der Waals surface area contributed by atoms with E-state index in [0.29, 0.717) is 33.9 Å². The summed E-state index contributed by atoms with van der Waals surface area (Å²) in [7, 11) is 1.57. The molecule has 7 heteroatoms. The fourth-order valence-electron chi connectivity index (χ4n) is 4.53.